The summed E-state index contributed by atoms with van der Waals surface area (Å²) in [7, 11) is -0.218. The maximum Gasteiger partial charge on any atom is 0.0149 e. The zero-order valence-electron chi connectivity index (χ0n) is 10.1. The highest BCUT2D eigenvalue weighted by Gasteiger charge is 2.10. The molecule has 3 heteroatoms. The van der Waals surface area contributed by atoms with Gasteiger partial charge in [-0.3, -0.25) is 0 Å². The summed E-state index contributed by atoms with van der Waals surface area (Å²) in [6.45, 7) is 2.33. The molecule has 0 heterocycles. The average molecular weight is 257 g/mol. The molecule has 2 aromatic rings. The predicted molar refractivity (Wildman–Crippen MR) is 82.5 cm³/mol. The van der Waals surface area contributed by atoms with E-state index in [1.165, 1.54) is 15.5 Å². The smallest absolute Gasteiger partial charge is 0.0149 e. The first kappa shape index (κ1) is 14.3. The van der Waals surface area contributed by atoms with Crippen molar-refractivity contribution in [3.63, 3.8) is 0 Å². The van der Waals surface area contributed by atoms with E-state index in [0.717, 1.165) is 0 Å². The minimum Gasteiger partial charge on any atom is -0.129 e. The van der Waals surface area contributed by atoms with Gasteiger partial charge < -0.3 is 0 Å². The van der Waals surface area contributed by atoms with E-state index in [9.17, 15) is 0 Å². The van der Waals surface area contributed by atoms with Crippen molar-refractivity contribution < 1.29 is 0 Å². The van der Waals surface area contributed by atoms with Gasteiger partial charge in [-0.25, -0.2) is 0 Å². The second kappa shape index (κ2) is 6.88. The minimum absolute atomic E-state index is 0. The Bertz CT molecular complexity index is 459. The van der Waals surface area contributed by atoms with Gasteiger partial charge in [-0.05, 0) is 37.5 Å². The van der Waals surface area contributed by atoms with Gasteiger partial charge in [0.1, 0.15) is 0 Å². The first-order valence-corrected chi connectivity index (χ1v) is 8.26. The van der Waals surface area contributed by atoms with Crippen LogP contribution in [0.5, 0.6) is 0 Å². The Kier molecular flexibility index (Phi) is 5.81. The molecule has 0 aliphatic heterocycles. The topological polar surface area (TPSA) is 0 Å². The molecule has 3 radical (unpaired) electrons. The molecule has 0 bridgehead atoms. The van der Waals surface area contributed by atoms with Gasteiger partial charge in [0, 0.05) is 13.3 Å². The van der Waals surface area contributed by atoms with Crippen LogP contribution >= 0.6 is 19.7 Å². The van der Waals surface area contributed by atoms with E-state index < -0.39 is 0 Å². The van der Waals surface area contributed by atoms with E-state index in [-0.39, 0.29) is 16.3 Å². The van der Waals surface area contributed by atoms with Gasteiger partial charge in [-0.2, -0.15) is 0 Å². The molecule has 17 heavy (non-hydrogen) atoms. The molecule has 0 unspecified atom stereocenters. The van der Waals surface area contributed by atoms with E-state index >= 15 is 0 Å². The summed E-state index contributed by atoms with van der Waals surface area (Å²) in [6.07, 6.45) is 2.15. The highest BCUT2D eigenvalue weighted by atomic mass is 32.2. The van der Waals surface area contributed by atoms with Crippen LogP contribution in [-0.2, 0) is 0 Å². The summed E-state index contributed by atoms with van der Waals surface area (Å²) in [5.74, 6) is 0. The Morgan fingerprint density at radius 3 is 2.12 bits per heavy atom. The van der Waals surface area contributed by atoms with Crippen LogP contribution in [0.15, 0.2) is 59.5 Å². The molecule has 0 spiro atoms. The van der Waals surface area contributed by atoms with Gasteiger partial charge in [-0.15, -0.1) is 11.8 Å². The van der Waals surface area contributed by atoms with Crippen molar-refractivity contribution >= 4 is 38.7 Å². The number of thioether (sulfide) groups is 1. The summed E-state index contributed by atoms with van der Waals surface area (Å²) in [5, 5.41) is 2.93. The Labute approximate surface area is 111 Å². The molecular weight excluding hydrogens is 242 g/mol. The molecule has 1 atom stereocenters. The van der Waals surface area contributed by atoms with Crippen molar-refractivity contribution in [2.45, 2.75) is 4.90 Å². The molecule has 0 amide bonds. The van der Waals surface area contributed by atoms with Gasteiger partial charge >= 0.3 is 0 Å². The molecule has 0 aromatic heterocycles. The van der Waals surface area contributed by atoms with Crippen LogP contribution in [0.1, 0.15) is 0 Å². The molecule has 0 saturated carbocycles. The fourth-order valence-corrected chi connectivity index (χ4v) is 4.49. The molecule has 0 N–H and O–H groups in total. The van der Waals surface area contributed by atoms with Crippen molar-refractivity contribution in [2.24, 2.45) is 0 Å². The van der Waals surface area contributed by atoms with Crippen molar-refractivity contribution in [3.8, 4) is 0 Å². The Morgan fingerprint density at radius 1 is 0.882 bits per heavy atom. The molecule has 0 nitrogen and oxygen atoms in total. The summed E-state index contributed by atoms with van der Waals surface area (Å²) in [4.78, 5) is 1.40. The Morgan fingerprint density at radius 2 is 1.47 bits per heavy atom. The van der Waals surface area contributed by atoms with Gasteiger partial charge in [0.2, 0.25) is 0 Å². The number of benzene rings is 2. The third kappa shape index (κ3) is 3.37. The highest BCUT2D eigenvalue weighted by Crippen LogP contribution is 2.32. The van der Waals surface area contributed by atoms with E-state index in [1.807, 2.05) is 11.8 Å². The molecular formula is C14H15BPS. The average Bonchev–Trinajstić information content (AvgIpc) is 2.39. The summed E-state index contributed by atoms with van der Waals surface area (Å²) < 4.78 is 0. The van der Waals surface area contributed by atoms with Crippen LogP contribution in [0, 0.1) is 0 Å². The van der Waals surface area contributed by atoms with Crippen molar-refractivity contribution in [3.05, 3.63) is 54.6 Å². The second-order valence-corrected chi connectivity index (χ2v) is 6.53. The lowest BCUT2D eigenvalue weighted by atomic mass is 10.4. The summed E-state index contributed by atoms with van der Waals surface area (Å²) in [5.41, 5.74) is 0. The van der Waals surface area contributed by atoms with Crippen LogP contribution in [-0.4, -0.2) is 21.3 Å². The monoisotopic (exact) mass is 257 g/mol. The lowest BCUT2D eigenvalue weighted by molar-refractivity contribution is 1.53. The van der Waals surface area contributed by atoms with Crippen LogP contribution in [0.2, 0.25) is 0 Å². The van der Waals surface area contributed by atoms with E-state index in [0.29, 0.717) is 0 Å². The predicted octanol–water partition coefficient (Wildman–Crippen LogP) is 3.09. The lowest BCUT2D eigenvalue weighted by Crippen LogP contribution is -2.12. The highest BCUT2D eigenvalue weighted by molar-refractivity contribution is 7.99. The molecule has 2 rings (SSSR count). The van der Waals surface area contributed by atoms with Crippen LogP contribution < -0.4 is 10.6 Å². The third-order valence-electron chi connectivity index (χ3n) is 2.59. The number of hydrogen-bond donors (Lipinski definition) is 0. The largest absolute Gasteiger partial charge is 0.129 e. The van der Waals surface area contributed by atoms with Crippen molar-refractivity contribution in [1.82, 2.24) is 0 Å². The standard InChI is InChI=1S/C14H15PS.B/c1-15(12-8-4-3-5-9-12)13-10-6-7-11-14(13)16-2;/h3-11H,1-2H3;/t15-;/m1./s1. The van der Waals surface area contributed by atoms with Gasteiger partial charge in [-0.1, -0.05) is 48.5 Å². The lowest BCUT2D eigenvalue weighted by Gasteiger charge is -2.16. The minimum atomic E-state index is -0.218. The number of rotatable bonds is 3. The fourth-order valence-electron chi connectivity index (χ4n) is 1.70. The first-order valence-electron chi connectivity index (χ1n) is 5.24. The Balaban J connectivity index is 0.00000144. The molecule has 0 fully saturated rings. The summed E-state index contributed by atoms with van der Waals surface area (Å²) >= 11 is 1.83. The molecule has 2 aromatic carbocycles. The van der Waals surface area contributed by atoms with Crippen LogP contribution in [0.4, 0.5) is 0 Å². The molecule has 85 valence electrons. The van der Waals surface area contributed by atoms with E-state index in [2.05, 4.69) is 67.5 Å². The van der Waals surface area contributed by atoms with Gasteiger partial charge in [0.25, 0.3) is 0 Å². The van der Waals surface area contributed by atoms with Crippen LogP contribution in [0.3, 0.4) is 0 Å². The number of hydrogen-bond acceptors (Lipinski definition) is 1. The van der Waals surface area contributed by atoms with E-state index in [1.54, 1.807) is 0 Å². The maximum absolute atomic E-state index is 2.33. The van der Waals surface area contributed by atoms with Gasteiger partial charge in [0.05, 0.1) is 0 Å². The SMILES string of the molecule is CSc1ccccc1[P@](C)c1ccccc1.[B]. The zero-order valence-corrected chi connectivity index (χ0v) is 11.8. The third-order valence-corrected chi connectivity index (χ3v) is 5.72. The van der Waals surface area contributed by atoms with Crippen molar-refractivity contribution in [1.29, 1.82) is 0 Å². The maximum atomic E-state index is 2.33. The van der Waals surface area contributed by atoms with Crippen molar-refractivity contribution in [2.75, 3.05) is 12.9 Å². The Hall–Kier alpha value is -0.715. The normalized spacial score (nSPS) is 11.6. The zero-order chi connectivity index (χ0) is 11.4. The fraction of sp³-hybridized carbons (Fsp3) is 0.143. The first-order chi connectivity index (χ1) is 7.83. The van der Waals surface area contributed by atoms with Crippen LogP contribution in [0.25, 0.3) is 0 Å². The second-order valence-electron chi connectivity index (χ2n) is 3.57. The molecule has 0 aliphatic carbocycles. The summed E-state index contributed by atoms with van der Waals surface area (Å²) in [6, 6.07) is 19.5. The molecule has 0 aliphatic rings. The van der Waals surface area contributed by atoms with Gasteiger partial charge in [0.15, 0.2) is 0 Å². The van der Waals surface area contributed by atoms with E-state index in [4.69, 9.17) is 0 Å². The quantitative estimate of drug-likeness (QED) is 0.462. The molecule has 0 saturated heterocycles.